The topological polar surface area (TPSA) is 9.23 Å². The first kappa shape index (κ1) is 15.6. The van der Waals surface area contributed by atoms with Gasteiger partial charge in [-0.15, -0.1) is 0 Å². The van der Waals surface area contributed by atoms with Crippen molar-refractivity contribution in [1.29, 1.82) is 0 Å². The molecule has 1 atom stereocenters. The maximum atomic E-state index is 6.31. The van der Waals surface area contributed by atoms with Crippen LogP contribution in [0.2, 0.25) is 5.02 Å². The van der Waals surface area contributed by atoms with E-state index >= 15 is 0 Å². The fourth-order valence-electron chi connectivity index (χ4n) is 2.67. The molecule has 0 aliphatic heterocycles. The highest BCUT2D eigenvalue weighted by Gasteiger charge is 2.29. The van der Waals surface area contributed by atoms with Gasteiger partial charge in [0.25, 0.3) is 0 Å². The van der Waals surface area contributed by atoms with Crippen LogP contribution in [0.25, 0.3) is 0 Å². The van der Waals surface area contributed by atoms with Crippen molar-refractivity contribution in [3.8, 4) is 0 Å². The van der Waals surface area contributed by atoms with E-state index in [0.29, 0.717) is 11.5 Å². The van der Waals surface area contributed by atoms with Crippen LogP contribution < -0.4 is 0 Å². The van der Waals surface area contributed by atoms with E-state index in [-0.39, 0.29) is 6.10 Å². The largest absolute Gasteiger partial charge is 0.369 e. The molecule has 1 aromatic carbocycles. The number of ether oxygens (including phenoxy) is 1. The Morgan fingerprint density at radius 1 is 1.32 bits per heavy atom. The minimum absolute atomic E-state index is 0.125. The summed E-state index contributed by atoms with van der Waals surface area (Å²) in [6, 6.07) is 8.04. The van der Waals surface area contributed by atoms with Gasteiger partial charge in [0.2, 0.25) is 0 Å². The van der Waals surface area contributed by atoms with Gasteiger partial charge in [-0.2, -0.15) is 0 Å². The number of benzene rings is 1. The first-order valence-corrected chi connectivity index (χ1v) is 8.88. The monoisotopic (exact) mass is 392 g/mol. The first-order valence-electron chi connectivity index (χ1n) is 6.98. The lowest BCUT2D eigenvalue weighted by Gasteiger charge is -2.35. The van der Waals surface area contributed by atoms with Gasteiger partial charge in [-0.1, -0.05) is 66.2 Å². The van der Waals surface area contributed by atoms with Crippen molar-refractivity contribution in [1.82, 2.24) is 0 Å². The maximum Gasteiger partial charge on any atom is 0.0932 e. The molecular weight excluding hydrogens is 371 g/mol. The number of halogens is 2. The summed E-state index contributed by atoms with van der Waals surface area (Å²) in [7, 11) is 0. The second-order valence-electron chi connectivity index (χ2n) is 6.16. The molecule has 1 saturated carbocycles. The molecule has 0 amide bonds. The average molecular weight is 393 g/mol. The molecule has 19 heavy (non-hydrogen) atoms. The first-order chi connectivity index (χ1) is 9.02. The molecule has 1 fully saturated rings. The van der Waals surface area contributed by atoms with Crippen LogP contribution in [0.5, 0.6) is 0 Å². The summed E-state index contributed by atoms with van der Waals surface area (Å²) in [5.74, 6) is 0. The van der Waals surface area contributed by atoms with E-state index in [1.807, 2.05) is 18.2 Å². The molecule has 0 saturated heterocycles. The second-order valence-corrected chi connectivity index (χ2v) is 7.45. The van der Waals surface area contributed by atoms with Crippen LogP contribution in [0.4, 0.5) is 0 Å². The zero-order valence-electron chi connectivity index (χ0n) is 11.7. The summed E-state index contributed by atoms with van der Waals surface area (Å²) in [6.07, 6.45) is 5.38. The summed E-state index contributed by atoms with van der Waals surface area (Å²) in [4.78, 5) is 0. The molecule has 106 valence electrons. The molecule has 1 aliphatic carbocycles. The molecule has 1 aromatic rings. The van der Waals surface area contributed by atoms with Crippen molar-refractivity contribution >= 4 is 34.2 Å². The minimum atomic E-state index is 0.125. The van der Waals surface area contributed by atoms with E-state index in [2.05, 4.69) is 42.5 Å². The highest BCUT2D eigenvalue weighted by Crippen LogP contribution is 2.38. The molecule has 2 rings (SSSR count). The number of hydrogen-bond acceptors (Lipinski definition) is 1. The smallest absolute Gasteiger partial charge is 0.0932 e. The predicted molar refractivity (Wildman–Crippen MR) is 90.2 cm³/mol. The molecule has 0 spiro atoms. The van der Waals surface area contributed by atoms with Crippen molar-refractivity contribution < 1.29 is 4.74 Å². The zero-order chi connectivity index (χ0) is 13.9. The molecular formula is C16H22ClIO. The van der Waals surface area contributed by atoms with Crippen LogP contribution in [-0.2, 0) is 4.74 Å². The van der Waals surface area contributed by atoms with Crippen molar-refractivity contribution in [3.63, 3.8) is 0 Å². The molecule has 0 aromatic heterocycles. The van der Waals surface area contributed by atoms with Gasteiger partial charge in [-0.05, 0) is 37.2 Å². The van der Waals surface area contributed by atoms with Crippen molar-refractivity contribution in [3.05, 3.63) is 34.9 Å². The highest BCUT2D eigenvalue weighted by atomic mass is 127. The molecule has 0 heterocycles. The maximum absolute atomic E-state index is 6.31. The van der Waals surface area contributed by atoms with Gasteiger partial charge in [0.15, 0.2) is 0 Å². The van der Waals surface area contributed by atoms with Gasteiger partial charge in [0, 0.05) is 15.0 Å². The van der Waals surface area contributed by atoms with Crippen LogP contribution in [0.1, 0.15) is 51.2 Å². The average Bonchev–Trinajstić information content (AvgIpc) is 2.39. The Morgan fingerprint density at radius 3 is 2.53 bits per heavy atom. The summed E-state index contributed by atoms with van der Waals surface area (Å²) in [6.45, 7) is 4.71. The van der Waals surface area contributed by atoms with Gasteiger partial charge in [0.05, 0.1) is 12.2 Å². The Kier molecular flexibility index (Phi) is 5.55. The van der Waals surface area contributed by atoms with Crippen LogP contribution in [-0.4, -0.2) is 10.5 Å². The Bertz CT molecular complexity index is 409. The number of rotatable bonds is 4. The molecule has 0 bridgehead atoms. The third-order valence-electron chi connectivity index (χ3n) is 4.04. The van der Waals surface area contributed by atoms with Gasteiger partial charge in [-0.25, -0.2) is 0 Å². The minimum Gasteiger partial charge on any atom is -0.369 e. The number of hydrogen-bond donors (Lipinski definition) is 0. The van der Waals surface area contributed by atoms with Crippen LogP contribution in [0.3, 0.4) is 0 Å². The Labute approximate surface area is 135 Å². The second kappa shape index (κ2) is 6.77. The normalized spacial score (nSPS) is 21.3. The zero-order valence-corrected chi connectivity index (χ0v) is 14.6. The molecule has 3 heteroatoms. The van der Waals surface area contributed by atoms with Crippen molar-refractivity contribution in [2.75, 3.05) is 4.43 Å². The van der Waals surface area contributed by atoms with Crippen LogP contribution in [0.15, 0.2) is 24.3 Å². The third-order valence-corrected chi connectivity index (χ3v) is 5.18. The van der Waals surface area contributed by atoms with Gasteiger partial charge in [0.1, 0.15) is 0 Å². The lowest BCUT2D eigenvalue weighted by atomic mass is 9.76. The fraction of sp³-hybridized carbons (Fsp3) is 0.625. The summed E-state index contributed by atoms with van der Waals surface area (Å²) < 4.78 is 7.25. The molecule has 1 unspecified atom stereocenters. The highest BCUT2D eigenvalue weighted by molar-refractivity contribution is 14.1. The summed E-state index contributed by atoms with van der Waals surface area (Å²) in [5, 5.41) is 0.820. The Balaban J connectivity index is 1.99. The Morgan fingerprint density at radius 2 is 1.95 bits per heavy atom. The fourth-order valence-corrected chi connectivity index (χ4v) is 3.61. The SMILES string of the molecule is CC1(C)CCC(OC(CI)c2ccccc2Cl)CC1. The van der Waals surface area contributed by atoms with E-state index in [0.717, 1.165) is 15.0 Å². The van der Waals surface area contributed by atoms with Crippen molar-refractivity contribution in [2.24, 2.45) is 5.41 Å². The van der Waals surface area contributed by atoms with E-state index < -0.39 is 0 Å². The van der Waals surface area contributed by atoms with E-state index in [9.17, 15) is 0 Å². The lowest BCUT2D eigenvalue weighted by molar-refractivity contribution is -0.0356. The molecule has 1 nitrogen and oxygen atoms in total. The Hall–Kier alpha value is 0.200. The van der Waals surface area contributed by atoms with Crippen LogP contribution >= 0.6 is 34.2 Å². The molecule has 0 radical (unpaired) electrons. The van der Waals surface area contributed by atoms with Gasteiger partial charge < -0.3 is 4.74 Å². The lowest BCUT2D eigenvalue weighted by Crippen LogP contribution is -2.28. The van der Waals surface area contributed by atoms with Gasteiger partial charge in [-0.3, -0.25) is 0 Å². The summed E-state index contributed by atoms with van der Waals surface area (Å²) in [5.41, 5.74) is 1.62. The molecule has 1 aliphatic rings. The van der Waals surface area contributed by atoms with Crippen LogP contribution in [0, 0.1) is 5.41 Å². The van der Waals surface area contributed by atoms with E-state index in [1.165, 1.54) is 25.7 Å². The predicted octanol–water partition coefficient (Wildman–Crippen LogP) is 5.80. The van der Waals surface area contributed by atoms with Gasteiger partial charge >= 0.3 is 0 Å². The van der Waals surface area contributed by atoms with Crippen molar-refractivity contribution in [2.45, 2.75) is 51.7 Å². The van der Waals surface area contributed by atoms with E-state index in [4.69, 9.17) is 16.3 Å². The number of alkyl halides is 1. The molecule has 0 N–H and O–H groups in total. The summed E-state index contributed by atoms with van der Waals surface area (Å²) >= 11 is 8.67. The van der Waals surface area contributed by atoms with E-state index in [1.54, 1.807) is 0 Å². The standard InChI is InChI=1S/C16H22ClIO/c1-16(2)9-7-12(8-10-16)19-15(11-18)13-5-3-4-6-14(13)17/h3-6,12,15H,7-11H2,1-2H3. The third kappa shape index (κ3) is 4.33. The quantitative estimate of drug-likeness (QED) is 0.464.